The molecule has 4 nitrogen and oxygen atoms in total. The molecule has 0 aromatic heterocycles. The molecule has 4 heteroatoms. The molecule has 1 amide bonds. The van der Waals surface area contributed by atoms with Crippen molar-refractivity contribution in [3.8, 4) is 5.75 Å². The van der Waals surface area contributed by atoms with Gasteiger partial charge in [0.25, 0.3) is 5.91 Å². The number of para-hydroxylation sites is 1. The van der Waals surface area contributed by atoms with Crippen LogP contribution in [0.3, 0.4) is 0 Å². The molecule has 0 radical (unpaired) electrons. The van der Waals surface area contributed by atoms with Gasteiger partial charge in [-0.15, -0.1) is 0 Å². The maximum Gasteiger partial charge on any atom is 0.253 e. The van der Waals surface area contributed by atoms with Crippen LogP contribution >= 0.6 is 0 Å². The number of amides is 1. The first-order valence-electron chi connectivity index (χ1n) is 7.37. The van der Waals surface area contributed by atoms with Crippen LogP contribution in [0.5, 0.6) is 5.75 Å². The van der Waals surface area contributed by atoms with Crippen molar-refractivity contribution in [1.29, 1.82) is 0 Å². The molecule has 0 unspecified atom stereocenters. The molecule has 0 aliphatic heterocycles. The van der Waals surface area contributed by atoms with E-state index in [1.165, 1.54) is 0 Å². The fourth-order valence-electron chi connectivity index (χ4n) is 2.19. The highest BCUT2D eigenvalue weighted by Gasteiger charge is 2.14. The number of benzene rings is 2. The molecule has 2 aromatic carbocycles. The third-order valence-corrected chi connectivity index (χ3v) is 3.49. The standard InChI is InChI=1S/C18H22N2O2/c1-14-9-10-15(19)13-17(14)18(21)20(2)11-6-12-22-16-7-4-3-5-8-16/h3-5,7-10,13H,6,11-12,19H2,1-2H3. The second-order valence-electron chi connectivity index (χ2n) is 5.32. The monoisotopic (exact) mass is 298 g/mol. The predicted molar refractivity (Wildman–Crippen MR) is 89.1 cm³/mol. The second-order valence-corrected chi connectivity index (χ2v) is 5.32. The van der Waals surface area contributed by atoms with Crippen LogP contribution in [0.25, 0.3) is 0 Å². The predicted octanol–water partition coefficient (Wildman–Crippen LogP) is 3.12. The molecule has 2 aromatic rings. The molecule has 0 bridgehead atoms. The van der Waals surface area contributed by atoms with Gasteiger partial charge in [0, 0.05) is 24.8 Å². The van der Waals surface area contributed by atoms with E-state index in [0.717, 1.165) is 17.7 Å². The van der Waals surface area contributed by atoms with Crippen molar-refractivity contribution in [3.63, 3.8) is 0 Å². The molecule has 0 saturated heterocycles. The number of ether oxygens (including phenoxy) is 1. The summed E-state index contributed by atoms with van der Waals surface area (Å²) in [7, 11) is 1.80. The molecule has 0 saturated carbocycles. The average Bonchev–Trinajstić information content (AvgIpc) is 2.54. The van der Waals surface area contributed by atoms with Crippen molar-refractivity contribution < 1.29 is 9.53 Å². The van der Waals surface area contributed by atoms with Gasteiger partial charge in [-0.1, -0.05) is 24.3 Å². The highest BCUT2D eigenvalue weighted by molar-refractivity contribution is 5.96. The number of hydrogen-bond donors (Lipinski definition) is 1. The van der Waals surface area contributed by atoms with E-state index < -0.39 is 0 Å². The van der Waals surface area contributed by atoms with E-state index in [2.05, 4.69) is 0 Å². The van der Waals surface area contributed by atoms with Crippen LogP contribution in [0.15, 0.2) is 48.5 Å². The average molecular weight is 298 g/mol. The van der Waals surface area contributed by atoms with E-state index in [-0.39, 0.29) is 5.91 Å². The van der Waals surface area contributed by atoms with Gasteiger partial charge in [0.1, 0.15) is 5.75 Å². The van der Waals surface area contributed by atoms with Crippen LogP contribution in [0, 0.1) is 6.92 Å². The fraction of sp³-hybridized carbons (Fsp3) is 0.278. The Bertz CT molecular complexity index is 626. The van der Waals surface area contributed by atoms with Gasteiger partial charge in [-0.25, -0.2) is 0 Å². The van der Waals surface area contributed by atoms with Gasteiger partial charge in [-0.05, 0) is 43.2 Å². The number of nitrogens with zero attached hydrogens (tertiary/aromatic N) is 1. The minimum atomic E-state index is -0.00971. The molecule has 116 valence electrons. The Kier molecular flexibility index (Phi) is 5.42. The van der Waals surface area contributed by atoms with E-state index in [4.69, 9.17) is 10.5 Å². The number of carbonyl (C=O) groups is 1. The van der Waals surface area contributed by atoms with E-state index in [9.17, 15) is 4.79 Å². The van der Waals surface area contributed by atoms with Crippen LogP contribution in [-0.2, 0) is 0 Å². The van der Waals surface area contributed by atoms with E-state index in [0.29, 0.717) is 24.4 Å². The van der Waals surface area contributed by atoms with E-state index >= 15 is 0 Å². The Morgan fingerprint density at radius 1 is 1.18 bits per heavy atom. The van der Waals surface area contributed by atoms with Gasteiger partial charge in [-0.2, -0.15) is 0 Å². The third kappa shape index (κ3) is 4.25. The minimum absolute atomic E-state index is 0.00971. The molecule has 0 atom stereocenters. The lowest BCUT2D eigenvalue weighted by Gasteiger charge is -2.18. The Labute approximate surface area is 131 Å². The number of rotatable bonds is 6. The van der Waals surface area contributed by atoms with Gasteiger partial charge < -0.3 is 15.4 Å². The maximum atomic E-state index is 12.4. The summed E-state index contributed by atoms with van der Waals surface area (Å²) in [5.74, 6) is 0.840. The number of aryl methyl sites for hydroxylation is 1. The molecule has 0 aliphatic carbocycles. The van der Waals surface area contributed by atoms with Crippen molar-refractivity contribution in [2.75, 3.05) is 25.9 Å². The zero-order chi connectivity index (χ0) is 15.9. The maximum absolute atomic E-state index is 12.4. The first kappa shape index (κ1) is 15.9. The van der Waals surface area contributed by atoms with Crippen LogP contribution in [0.4, 0.5) is 5.69 Å². The lowest BCUT2D eigenvalue weighted by atomic mass is 10.1. The molecule has 0 fully saturated rings. The highest BCUT2D eigenvalue weighted by Crippen LogP contribution is 2.15. The van der Waals surface area contributed by atoms with Gasteiger partial charge in [-0.3, -0.25) is 4.79 Å². The highest BCUT2D eigenvalue weighted by atomic mass is 16.5. The summed E-state index contributed by atoms with van der Waals surface area (Å²) in [6, 6.07) is 15.1. The van der Waals surface area contributed by atoms with Crippen LogP contribution in [0.1, 0.15) is 22.3 Å². The smallest absolute Gasteiger partial charge is 0.253 e. The van der Waals surface area contributed by atoms with Gasteiger partial charge in [0.2, 0.25) is 0 Å². The molecule has 0 heterocycles. The Hall–Kier alpha value is -2.49. The number of anilines is 1. The van der Waals surface area contributed by atoms with Crippen molar-refractivity contribution in [3.05, 3.63) is 59.7 Å². The molecular weight excluding hydrogens is 276 g/mol. The largest absolute Gasteiger partial charge is 0.494 e. The van der Waals surface area contributed by atoms with Crippen LogP contribution in [-0.4, -0.2) is 31.0 Å². The van der Waals surface area contributed by atoms with Crippen LogP contribution in [0.2, 0.25) is 0 Å². The lowest BCUT2D eigenvalue weighted by Crippen LogP contribution is -2.29. The summed E-state index contributed by atoms with van der Waals surface area (Å²) >= 11 is 0. The molecule has 2 N–H and O–H groups in total. The number of hydrogen-bond acceptors (Lipinski definition) is 3. The molecule has 0 spiro atoms. The molecule has 22 heavy (non-hydrogen) atoms. The van der Waals surface area contributed by atoms with Crippen molar-refractivity contribution in [1.82, 2.24) is 4.90 Å². The quantitative estimate of drug-likeness (QED) is 0.658. The first-order chi connectivity index (χ1) is 10.6. The van der Waals surface area contributed by atoms with Gasteiger partial charge in [0.05, 0.1) is 6.61 Å². The van der Waals surface area contributed by atoms with E-state index in [1.54, 1.807) is 24.1 Å². The SMILES string of the molecule is Cc1ccc(N)cc1C(=O)N(C)CCCOc1ccccc1. The van der Waals surface area contributed by atoms with Crippen molar-refractivity contribution in [2.45, 2.75) is 13.3 Å². The Balaban J connectivity index is 1.83. The van der Waals surface area contributed by atoms with Crippen molar-refractivity contribution in [2.24, 2.45) is 0 Å². The summed E-state index contributed by atoms with van der Waals surface area (Å²) < 4.78 is 5.63. The van der Waals surface area contributed by atoms with Crippen LogP contribution < -0.4 is 10.5 Å². The summed E-state index contributed by atoms with van der Waals surface area (Å²) in [5, 5.41) is 0. The number of nitrogens with two attached hydrogens (primary N) is 1. The number of nitrogen functional groups attached to an aromatic ring is 1. The topological polar surface area (TPSA) is 55.6 Å². The minimum Gasteiger partial charge on any atom is -0.494 e. The first-order valence-corrected chi connectivity index (χ1v) is 7.37. The summed E-state index contributed by atoms with van der Waals surface area (Å²) in [4.78, 5) is 14.1. The summed E-state index contributed by atoms with van der Waals surface area (Å²) in [6.07, 6.45) is 0.776. The second kappa shape index (κ2) is 7.50. The Morgan fingerprint density at radius 2 is 1.91 bits per heavy atom. The fourth-order valence-corrected chi connectivity index (χ4v) is 2.19. The summed E-state index contributed by atoms with van der Waals surface area (Å²) in [5.41, 5.74) is 7.96. The van der Waals surface area contributed by atoms with Crippen molar-refractivity contribution >= 4 is 11.6 Å². The van der Waals surface area contributed by atoms with E-state index in [1.807, 2.05) is 43.3 Å². The zero-order valence-corrected chi connectivity index (χ0v) is 13.1. The number of carbonyl (C=O) groups excluding carboxylic acids is 1. The molecule has 2 rings (SSSR count). The summed E-state index contributed by atoms with van der Waals surface area (Å²) in [6.45, 7) is 3.14. The lowest BCUT2D eigenvalue weighted by molar-refractivity contribution is 0.0787. The normalized spacial score (nSPS) is 10.3. The molecular formula is C18H22N2O2. The molecule has 0 aliphatic rings. The zero-order valence-electron chi connectivity index (χ0n) is 13.1. The third-order valence-electron chi connectivity index (χ3n) is 3.49. The Morgan fingerprint density at radius 3 is 2.64 bits per heavy atom. The van der Waals surface area contributed by atoms with Gasteiger partial charge in [0.15, 0.2) is 0 Å². The van der Waals surface area contributed by atoms with Gasteiger partial charge >= 0.3 is 0 Å².